The standard InChI is InChI=1S/C22H29N3O2S/c1-3-18-17-9-13-28-21(17)8-11-25(18)22(26)15-24-12-10-23-14-19(24)16-6-4-5-7-20(16)27-2/h4-7,9,13,18-19,23H,3,8,10-12,14-15H2,1-2H3. The zero-order valence-corrected chi connectivity index (χ0v) is 17.5. The van der Waals surface area contributed by atoms with Gasteiger partial charge in [0.15, 0.2) is 0 Å². The van der Waals surface area contributed by atoms with Crippen LogP contribution in [0.4, 0.5) is 0 Å². The molecule has 2 unspecified atom stereocenters. The number of nitrogens with zero attached hydrogens (tertiary/aromatic N) is 2. The van der Waals surface area contributed by atoms with Crippen LogP contribution in [-0.2, 0) is 11.2 Å². The Morgan fingerprint density at radius 2 is 2.11 bits per heavy atom. The number of amides is 1. The van der Waals surface area contributed by atoms with E-state index in [0.717, 1.165) is 50.3 Å². The first kappa shape index (κ1) is 19.4. The van der Waals surface area contributed by atoms with E-state index in [1.54, 1.807) is 7.11 Å². The summed E-state index contributed by atoms with van der Waals surface area (Å²) in [4.78, 5) is 19.2. The van der Waals surface area contributed by atoms with Crippen LogP contribution in [0, 0.1) is 0 Å². The van der Waals surface area contributed by atoms with Crippen molar-refractivity contribution < 1.29 is 9.53 Å². The SMILES string of the molecule is CCC1c2ccsc2CCN1C(=O)CN1CCNCC1c1ccccc1OC. The topological polar surface area (TPSA) is 44.8 Å². The Kier molecular flexibility index (Phi) is 5.99. The highest BCUT2D eigenvalue weighted by atomic mass is 32.1. The first-order chi connectivity index (χ1) is 13.7. The summed E-state index contributed by atoms with van der Waals surface area (Å²) in [7, 11) is 1.71. The molecule has 5 nitrogen and oxygen atoms in total. The average molecular weight is 400 g/mol. The second kappa shape index (κ2) is 8.64. The Bertz CT molecular complexity index is 822. The highest BCUT2D eigenvalue weighted by Crippen LogP contribution is 2.36. The summed E-state index contributed by atoms with van der Waals surface area (Å²) in [6, 6.07) is 10.7. The lowest BCUT2D eigenvalue weighted by Crippen LogP contribution is -2.51. The third kappa shape index (κ3) is 3.69. The van der Waals surface area contributed by atoms with E-state index in [-0.39, 0.29) is 18.0 Å². The van der Waals surface area contributed by atoms with Crippen molar-refractivity contribution in [2.75, 3.05) is 39.8 Å². The molecular formula is C22H29N3O2S. The van der Waals surface area contributed by atoms with Crippen molar-refractivity contribution in [1.29, 1.82) is 0 Å². The summed E-state index contributed by atoms with van der Waals surface area (Å²) in [5.74, 6) is 1.13. The number of fused-ring (bicyclic) bond motifs is 1. The van der Waals surface area contributed by atoms with Crippen molar-refractivity contribution in [3.8, 4) is 5.75 Å². The van der Waals surface area contributed by atoms with Crippen molar-refractivity contribution in [1.82, 2.24) is 15.1 Å². The number of rotatable bonds is 5. The molecule has 3 heterocycles. The van der Waals surface area contributed by atoms with Gasteiger partial charge in [0.2, 0.25) is 5.91 Å². The molecular weight excluding hydrogens is 370 g/mol. The van der Waals surface area contributed by atoms with Gasteiger partial charge in [0, 0.05) is 36.6 Å². The molecule has 4 rings (SSSR count). The Balaban J connectivity index is 1.52. The second-order valence-electron chi connectivity index (χ2n) is 7.49. The molecule has 2 atom stereocenters. The predicted molar refractivity (Wildman–Crippen MR) is 113 cm³/mol. The zero-order valence-electron chi connectivity index (χ0n) is 16.7. The fraction of sp³-hybridized carbons (Fsp3) is 0.500. The normalized spacial score (nSPS) is 22.7. The van der Waals surface area contributed by atoms with Crippen LogP contribution in [0.2, 0.25) is 0 Å². The summed E-state index contributed by atoms with van der Waals surface area (Å²) in [6.07, 6.45) is 1.94. The lowest BCUT2D eigenvalue weighted by atomic mass is 9.97. The maximum absolute atomic E-state index is 13.3. The van der Waals surface area contributed by atoms with Crippen LogP contribution < -0.4 is 10.1 Å². The number of hydrogen-bond acceptors (Lipinski definition) is 5. The molecule has 0 spiro atoms. The molecule has 1 aromatic carbocycles. The van der Waals surface area contributed by atoms with E-state index < -0.39 is 0 Å². The van der Waals surface area contributed by atoms with E-state index in [2.05, 4.69) is 39.6 Å². The van der Waals surface area contributed by atoms with Crippen LogP contribution in [0.25, 0.3) is 0 Å². The van der Waals surface area contributed by atoms with E-state index in [1.165, 1.54) is 10.4 Å². The van der Waals surface area contributed by atoms with Gasteiger partial charge in [-0.05, 0) is 35.9 Å². The van der Waals surface area contributed by atoms with Gasteiger partial charge in [0.25, 0.3) is 0 Å². The molecule has 1 amide bonds. The molecule has 1 fully saturated rings. The Morgan fingerprint density at radius 3 is 2.93 bits per heavy atom. The summed E-state index contributed by atoms with van der Waals surface area (Å²) in [6.45, 7) is 6.07. The van der Waals surface area contributed by atoms with Crippen molar-refractivity contribution in [3.63, 3.8) is 0 Å². The number of benzene rings is 1. The molecule has 1 saturated heterocycles. The number of piperazine rings is 1. The molecule has 0 saturated carbocycles. The highest BCUT2D eigenvalue weighted by molar-refractivity contribution is 7.10. The van der Waals surface area contributed by atoms with E-state index in [9.17, 15) is 4.79 Å². The van der Waals surface area contributed by atoms with Gasteiger partial charge in [-0.2, -0.15) is 0 Å². The number of thiophene rings is 1. The summed E-state index contributed by atoms with van der Waals surface area (Å²) < 4.78 is 5.58. The number of methoxy groups -OCH3 is 1. The van der Waals surface area contributed by atoms with Crippen LogP contribution in [0.3, 0.4) is 0 Å². The van der Waals surface area contributed by atoms with Gasteiger partial charge in [-0.25, -0.2) is 0 Å². The predicted octanol–water partition coefficient (Wildman–Crippen LogP) is 3.24. The summed E-state index contributed by atoms with van der Waals surface area (Å²) in [5, 5.41) is 5.64. The van der Waals surface area contributed by atoms with Crippen LogP contribution in [0.1, 0.15) is 41.4 Å². The van der Waals surface area contributed by atoms with Gasteiger partial charge < -0.3 is 15.0 Å². The first-order valence-corrected chi connectivity index (χ1v) is 11.0. The van der Waals surface area contributed by atoms with Gasteiger partial charge >= 0.3 is 0 Å². The van der Waals surface area contributed by atoms with E-state index in [1.807, 2.05) is 29.5 Å². The molecule has 6 heteroatoms. The first-order valence-electron chi connectivity index (χ1n) is 10.2. The molecule has 0 radical (unpaired) electrons. The van der Waals surface area contributed by atoms with E-state index in [4.69, 9.17) is 4.74 Å². The van der Waals surface area contributed by atoms with Crippen molar-refractivity contribution in [3.05, 3.63) is 51.7 Å². The molecule has 150 valence electrons. The third-order valence-electron chi connectivity index (χ3n) is 5.99. The maximum Gasteiger partial charge on any atom is 0.237 e. The van der Waals surface area contributed by atoms with Crippen LogP contribution in [-0.4, -0.2) is 55.5 Å². The molecule has 28 heavy (non-hydrogen) atoms. The Morgan fingerprint density at radius 1 is 1.25 bits per heavy atom. The van der Waals surface area contributed by atoms with Crippen molar-refractivity contribution >= 4 is 17.2 Å². The van der Waals surface area contributed by atoms with Gasteiger partial charge in [0.1, 0.15) is 5.75 Å². The minimum atomic E-state index is 0.149. The lowest BCUT2D eigenvalue weighted by Gasteiger charge is -2.40. The monoisotopic (exact) mass is 399 g/mol. The number of para-hydroxylation sites is 1. The van der Waals surface area contributed by atoms with Gasteiger partial charge in [-0.1, -0.05) is 25.1 Å². The average Bonchev–Trinajstić information content (AvgIpc) is 3.22. The fourth-order valence-electron chi connectivity index (χ4n) is 4.58. The fourth-order valence-corrected chi connectivity index (χ4v) is 5.51. The smallest absolute Gasteiger partial charge is 0.237 e. The highest BCUT2D eigenvalue weighted by Gasteiger charge is 2.33. The number of carbonyl (C=O) groups excluding carboxylic acids is 1. The molecule has 2 aliphatic rings. The van der Waals surface area contributed by atoms with E-state index >= 15 is 0 Å². The Labute approximate surface area is 171 Å². The molecule has 0 bridgehead atoms. The largest absolute Gasteiger partial charge is 0.496 e. The van der Waals surface area contributed by atoms with Gasteiger partial charge in [-0.15, -0.1) is 11.3 Å². The van der Waals surface area contributed by atoms with Crippen molar-refractivity contribution in [2.45, 2.75) is 31.8 Å². The van der Waals surface area contributed by atoms with Gasteiger partial charge in [-0.3, -0.25) is 9.69 Å². The number of ether oxygens (including phenoxy) is 1. The number of carbonyl (C=O) groups is 1. The van der Waals surface area contributed by atoms with E-state index in [0.29, 0.717) is 6.54 Å². The maximum atomic E-state index is 13.3. The minimum absolute atomic E-state index is 0.149. The molecule has 1 aromatic heterocycles. The molecule has 2 aromatic rings. The second-order valence-corrected chi connectivity index (χ2v) is 8.49. The van der Waals surface area contributed by atoms with Gasteiger partial charge in [0.05, 0.1) is 25.7 Å². The molecule has 2 aliphatic heterocycles. The van der Waals surface area contributed by atoms with Crippen molar-refractivity contribution in [2.24, 2.45) is 0 Å². The molecule has 1 N–H and O–H groups in total. The Hall–Kier alpha value is -1.89. The quantitative estimate of drug-likeness (QED) is 0.838. The van der Waals surface area contributed by atoms with Crippen LogP contribution in [0.15, 0.2) is 35.7 Å². The summed E-state index contributed by atoms with van der Waals surface area (Å²) >= 11 is 1.83. The van der Waals surface area contributed by atoms with Crippen LogP contribution in [0.5, 0.6) is 5.75 Å². The number of hydrogen-bond donors (Lipinski definition) is 1. The number of nitrogens with one attached hydrogen (secondary N) is 1. The lowest BCUT2D eigenvalue weighted by molar-refractivity contribution is -0.136. The third-order valence-corrected chi connectivity index (χ3v) is 6.99. The summed E-state index contributed by atoms with van der Waals surface area (Å²) in [5.41, 5.74) is 2.50. The molecule has 0 aliphatic carbocycles. The zero-order chi connectivity index (χ0) is 19.5. The van der Waals surface area contributed by atoms with Crippen LogP contribution >= 0.6 is 11.3 Å². The minimum Gasteiger partial charge on any atom is -0.496 e.